The van der Waals surface area contributed by atoms with Gasteiger partial charge in [-0.05, 0) is 0 Å². The van der Waals surface area contributed by atoms with Crippen LogP contribution in [-0.4, -0.2) is 0 Å². The van der Waals surface area contributed by atoms with Crippen LogP contribution in [0.25, 0.3) is 0 Å². The molecule has 0 aliphatic rings. The van der Waals surface area contributed by atoms with Crippen molar-refractivity contribution in [2.45, 2.75) is 13.8 Å². The van der Waals surface area contributed by atoms with Gasteiger partial charge in [0, 0.05) is 0 Å². The predicted octanol–water partition coefficient (Wildman–Crippen LogP) is 3.52. The number of benzene rings is 2. The molecule has 0 amide bonds. The molecule has 2 rings (SSSR count). The topological polar surface area (TPSA) is 0 Å². The van der Waals surface area contributed by atoms with E-state index in [0.717, 1.165) is 14.7 Å². The normalized spacial score (nSPS) is 12.1. The van der Waals surface area contributed by atoms with E-state index < -0.39 is 0 Å². The Morgan fingerprint density at radius 3 is 1.53 bits per heavy atom. The van der Waals surface area contributed by atoms with Gasteiger partial charge in [0.05, 0.1) is 0 Å². The Morgan fingerprint density at radius 1 is 0.706 bits per heavy atom. The molecule has 0 N–H and O–H groups in total. The molecule has 0 saturated heterocycles. The van der Waals surface area contributed by atoms with Crippen LogP contribution in [0.4, 0.5) is 0 Å². The van der Waals surface area contributed by atoms with Crippen molar-refractivity contribution in [3.05, 3.63) is 59.7 Å². The van der Waals surface area contributed by atoms with E-state index in [1.807, 2.05) is 13.6 Å². The SMILES string of the molecule is Cc1ccccc1[PH][Ni][PH]c1ccccc1C. The van der Waals surface area contributed by atoms with Gasteiger partial charge < -0.3 is 0 Å². The molecule has 0 radical (unpaired) electrons. The minimum atomic E-state index is 0.875. The molecule has 2 unspecified atom stereocenters. The molecule has 0 fully saturated rings. The van der Waals surface area contributed by atoms with Crippen molar-refractivity contribution in [1.29, 1.82) is 0 Å². The molecule has 2 aromatic rings. The maximum absolute atomic E-state index is 2.24. The molecule has 0 spiro atoms. The van der Waals surface area contributed by atoms with Crippen LogP contribution in [0.3, 0.4) is 0 Å². The molecule has 3 heteroatoms. The van der Waals surface area contributed by atoms with E-state index >= 15 is 0 Å². The second-order valence-electron chi connectivity index (χ2n) is 3.87. The minimum absolute atomic E-state index is 0.875. The summed E-state index contributed by atoms with van der Waals surface area (Å²) in [7, 11) is 1.75. The summed E-state index contributed by atoms with van der Waals surface area (Å²) in [6.45, 7) is 4.40. The monoisotopic (exact) mass is 304 g/mol. The van der Waals surface area contributed by atoms with Crippen LogP contribution >= 0.6 is 14.7 Å². The van der Waals surface area contributed by atoms with E-state index in [1.165, 1.54) is 21.7 Å². The van der Waals surface area contributed by atoms with Crippen molar-refractivity contribution >= 4 is 25.3 Å². The van der Waals surface area contributed by atoms with Gasteiger partial charge in [-0.3, -0.25) is 0 Å². The van der Waals surface area contributed by atoms with Crippen LogP contribution in [0.2, 0.25) is 0 Å². The molecule has 17 heavy (non-hydrogen) atoms. The van der Waals surface area contributed by atoms with Crippen molar-refractivity contribution in [3.63, 3.8) is 0 Å². The maximum atomic E-state index is 2.24. The summed E-state index contributed by atoms with van der Waals surface area (Å²) in [6.07, 6.45) is 0. The second kappa shape index (κ2) is 6.65. The standard InChI is InChI=1S/2C7H8P.Ni/c2*1-6-4-2-3-5-7(6)8;/h2*2-5,8H,1H3;/q2*-1;+2. The van der Waals surface area contributed by atoms with Gasteiger partial charge >= 0.3 is 112 Å². The predicted molar refractivity (Wildman–Crippen MR) is 78.3 cm³/mol. The third-order valence-electron chi connectivity index (χ3n) is 2.54. The number of hydrogen-bond donors (Lipinski definition) is 0. The van der Waals surface area contributed by atoms with Gasteiger partial charge in [0.25, 0.3) is 0 Å². The van der Waals surface area contributed by atoms with Gasteiger partial charge in [0.15, 0.2) is 0 Å². The summed E-state index contributed by atoms with van der Waals surface area (Å²) < 4.78 is 0. The molecule has 0 saturated carbocycles. The Morgan fingerprint density at radius 2 is 1.12 bits per heavy atom. The first-order valence-corrected chi connectivity index (χ1v) is 10.1. The summed E-state index contributed by atoms with van der Waals surface area (Å²) in [6, 6.07) is 17.4. The third kappa shape index (κ3) is 3.89. The van der Waals surface area contributed by atoms with Gasteiger partial charge in [0.2, 0.25) is 0 Å². The average molecular weight is 305 g/mol. The summed E-state index contributed by atoms with van der Waals surface area (Å²) in [5.74, 6) is 0. The summed E-state index contributed by atoms with van der Waals surface area (Å²) in [4.78, 5) is 0. The zero-order valence-electron chi connectivity index (χ0n) is 9.94. The van der Waals surface area contributed by atoms with Crippen molar-refractivity contribution in [1.82, 2.24) is 0 Å². The van der Waals surface area contributed by atoms with Crippen LogP contribution in [0, 0.1) is 13.8 Å². The van der Waals surface area contributed by atoms with Crippen molar-refractivity contribution in [2.24, 2.45) is 0 Å². The molecular weight excluding hydrogens is 289 g/mol. The Hall–Kier alpha value is -0.206. The van der Waals surface area contributed by atoms with Gasteiger partial charge in [0.1, 0.15) is 0 Å². The van der Waals surface area contributed by atoms with Crippen LogP contribution in [0.1, 0.15) is 11.1 Å². The van der Waals surface area contributed by atoms with E-state index in [1.54, 1.807) is 0 Å². The van der Waals surface area contributed by atoms with Gasteiger partial charge in [-0.25, -0.2) is 0 Å². The van der Waals surface area contributed by atoms with E-state index in [4.69, 9.17) is 0 Å². The quantitative estimate of drug-likeness (QED) is 0.599. The molecule has 0 bridgehead atoms. The zero-order valence-corrected chi connectivity index (χ0v) is 12.9. The second-order valence-corrected chi connectivity index (χ2v) is 9.60. The Kier molecular flexibility index (Phi) is 5.18. The van der Waals surface area contributed by atoms with E-state index in [-0.39, 0.29) is 0 Å². The number of hydrogen-bond acceptors (Lipinski definition) is 0. The van der Waals surface area contributed by atoms with Gasteiger partial charge in [-0.1, -0.05) is 0 Å². The number of aryl methyl sites for hydroxylation is 2. The molecule has 0 aliphatic carbocycles. The fourth-order valence-corrected chi connectivity index (χ4v) is 7.59. The molecule has 0 heterocycles. The summed E-state index contributed by atoms with van der Waals surface area (Å²) >= 11 is 1.85. The molecule has 0 aliphatic heterocycles. The fourth-order valence-electron chi connectivity index (χ4n) is 1.43. The van der Waals surface area contributed by atoms with E-state index in [9.17, 15) is 0 Å². The Labute approximate surface area is 112 Å². The first-order valence-electron chi connectivity index (χ1n) is 5.47. The third-order valence-corrected chi connectivity index (χ3v) is 8.45. The van der Waals surface area contributed by atoms with Gasteiger partial charge in [-0.15, -0.1) is 0 Å². The van der Waals surface area contributed by atoms with Crippen molar-refractivity contribution in [3.8, 4) is 0 Å². The van der Waals surface area contributed by atoms with E-state index in [2.05, 4.69) is 62.4 Å². The molecule has 0 aromatic heterocycles. The average Bonchev–Trinajstić information content (AvgIpc) is 2.34. The Bertz CT molecular complexity index is 452. The van der Waals surface area contributed by atoms with E-state index in [0.29, 0.717) is 0 Å². The Balaban J connectivity index is 1.93. The summed E-state index contributed by atoms with van der Waals surface area (Å²) in [5.41, 5.74) is 2.83. The summed E-state index contributed by atoms with van der Waals surface area (Å²) in [5, 5.41) is 2.99. The zero-order chi connectivity index (χ0) is 12.1. The van der Waals surface area contributed by atoms with Crippen LogP contribution in [-0.2, 0) is 13.6 Å². The number of rotatable bonds is 4. The molecule has 2 aromatic carbocycles. The first-order chi connectivity index (χ1) is 8.27. The first kappa shape index (κ1) is 13.2. The van der Waals surface area contributed by atoms with Crippen LogP contribution < -0.4 is 10.6 Å². The van der Waals surface area contributed by atoms with Crippen LogP contribution in [0.5, 0.6) is 0 Å². The van der Waals surface area contributed by atoms with Gasteiger partial charge in [-0.2, -0.15) is 0 Å². The van der Waals surface area contributed by atoms with Crippen molar-refractivity contribution in [2.75, 3.05) is 0 Å². The molecule has 2 atom stereocenters. The molecular formula is C14H16NiP2. The van der Waals surface area contributed by atoms with Crippen molar-refractivity contribution < 1.29 is 13.6 Å². The fraction of sp³-hybridized carbons (Fsp3) is 0.143. The molecule has 0 nitrogen and oxygen atoms in total. The molecule has 92 valence electrons. The van der Waals surface area contributed by atoms with Crippen LogP contribution in [0.15, 0.2) is 48.5 Å².